The molecule has 0 aliphatic carbocycles. The molecule has 0 saturated carbocycles. The van der Waals surface area contributed by atoms with E-state index in [-0.39, 0.29) is 19.4 Å². The van der Waals surface area contributed by atoms with E-state index < -0.39 is 18.5 Å². The van der Waals surface area contributed by atoms with E-state index in [2.05, 4.69) is 0 Å². The zero-order chi connectivity index (χ0) is 13.2. The Kier molecular flexibility index (Phi) is 9.81. The van der Waals surface area contributed by atoms with E-state index in [9.17, 15) is 22.0 Å². The summed E-state index contributed by atoms with van der Waals surface area (Å²) in [7, 11) is 0. The molecule has 16 heavy (non-hydrogen) atoms. The second-order valence-corrected chi connectivity index (χ2v) is 3.09. The largest absolute Gasteiger partial charge is 0.453 e. The van der Waals surface area contributed by atoms with Crippen LogP contribution in [0.15, 0.2) is 0 Å². The Morgan fingerprint density at radius 3 is 1.62 bits per heavy atom. The molecule has 0 radical (unpaired) electrons. The second-order valence-electron chi connectivity index (χ2n) is 3.09. The zero-order valence-corrected chi connectivity index (χ0v) is 9.58. The van der Waals surface area contributed by atoms with Crippen molar-refractivity contribution in [1.82, 2.24) is 0 Å². The molecule has 0 aliphatic rings. The smallest absolute Gasteiger partial charge is 0.396 e. The fourth-order valence-electron chi connectivity index (χ4n) is 0.954. The quantitative estimate of drug-likeness (QED) is 0.554. The molecule has 1 N–H and O–H groups in total. The molecule has 0 spiro atoms. The zero-order valence-electron chi connectivity index (χ0n) is 9.58. The van der Waals surface area contributed by atoms with Crippen molar-refractivity contribution in [3.05, 3.63) is 0 Å². The molecule has 0 aromatic rings. The lowest BCUT2D eigenvalue weighted by Crippen LogP contribution is -2.36. The highest BCUT2D eigenvalue weighted by atomic mass is 19.4. The van der Waals surface area contributed by atoms with Crippen molar-refractivity contribution in [1.29, 1.82) is 0 Å². The summed E-state index contributed by atoms with van der Waals surface area (Å²) in [5.41, 5.74) is 0. The number of rotatable bonds is 6. The number of hydrogen-bond acceptors (Lipinski definition) is 1. The van der Waals surface area contributed by atoms with Gasteiger partial charge in [0.15, 0.2) is 0 Å². The molecule has 0 unspecified atom stereocenters. The van der Waals surface area contributed by atoms with Crippen LogP contribution < -0.4 is 0 Å². The van der Waals surface area contributed by atoms with Crippen LogP contribution in [0, 0.1) is 0 Å². The van der Waals surface area contributed by atoms with Crippen LogP contribution in [0.4, 0.5) is 22.0 Å². The van der Waals surface area contributed by atoms with Crippen LogP contribution in [0.5, 0.6) is 0 Å². The molecule has 100 valence electrons. The minimum atomic E-state index is -5.44. The average molecular weight is 250 g/mol. The van der Waals surface area contributed by atoms with Gasteiger partial charge in [0, 0.05) is 13.0 Å². The molecule has 0 fully saturated rings. The molecule has 0 atom stereocenters. The third kappa shape index (κ3) is 7.84. The number of unbranched alkanes of at least 4 members (excludes halogenated alkanes) is 3. The van der Waals surface area contributed by atoms with Crippen molar-refractivity contribution >= 4 is 0 Å². The third-order valence-electron chi connectivity index (χ3n) is 1.81. The van der Waals surface area contributed by atoms with E-state index in [1.807, 2.05) is 13.8 Å². The van der Waals surface area contributed by atoms with Gasteiger partial charge in [0.2, 0.25) is 0 Å². The van der Waals surface area contributed by atoms with Gasteiger partial charge in [-0.3, -0.25) is 0 Å². The van der Waals surface area contributed by atoms with E-state index in [1.165, 1.54) is 0 Å². The maximum absolute atomic E-state index is 12.3. The summed E-state index contributed by atoms with van der Waals surface area (Å²) in [5.74, 6) is -4.58. The Labute approximate surface area is 92.7 Å². The highest BCUT2D eigenvalue weighted by Gasteiger charge is 2.56. The van der Waals surface area contributed by atoms with Crippen molar-refractivity contribution in [2.45, 2.75) is 58.1 Å². The van der Waals surface area contributed by atoms with Gasteiger partial charge in [0.1, 0.15) is 0 Å². The summed E-state index contributed by atoms with van der Waals surface area (Å²) in [6.07, 6.45) is -5.58. The summed E-state index contributed by atoms with van der Waals surface area (Å²) < 4.78 is 59.4. The van der Waals surface area contributed by atoms with Crippen molar-refractivity contribution in [3.63, 3.8) is 0 Å². The van der Waals surface area contributed by atoms with Crippen LogP contribution in [0.2, 0.25) is 0 Å². The molecule has 0 heterocycles. The van der Waals surface area contributed by atoms with Crippen LogP contribution in [-0.2, 0) is 0 Å². The van der Waals surface area contributed by atoms with Crippen molar-refractivity contribution < 1.29 is 27.1 Å². The second kappa shape index (κ2) is 8.73. The Morgan fingerprint density at radius 2 is 1.25 bits per heavy atom. The maximum Gasteiger partial charge on any atom is 0.453 e. The Balaban J connectivity index is 0. The van der Waals surface area contributed by atoms with E-state index in [4.69, 9.17) is 5.11 Å². The monoisotopic (exact) mass is 250 g/mol. The van der Waals surface area contributed by atoms with Gasteiger partial charge in [-0.15, -0.1) is 0 Å². The summed E-state index contributed by atoms with van der Waals surface area (Å²) in [5, 5.41) is 8.33. The minimum absolute atomic E-state index is 0.0599. The predicted molar refractivity (Wildman–Crippen MR) is 52.5 cm³/mol. The normalized spacial score (nSPS) is 12.0. The number of alkyl halides is 5. The predicted octanol–water partition coefficient (Wildman–Crippen LogP) is 4.15. The molecule has 0 aliphatic heterocycles. The Morgan fingerprint density at radius 1 is 0.812 bits per heavy atom. The molecule has 0 amide bonds. The Hall–Kier alpha value is -0.390. The fourth-order valence-corrected chi connectivity index (χ4v) is 0.954. The molecule has 0 rings (SSSR count). The molecule has 0 aromatic carbocycles. The Bertz CT molecular complexity index is 156. The first-order valence-corrected chi connectivity index (χ1v) is 5.36. The number of aliphatic hydroxyl groups excluding tert-OH is 1. The van der Waals surface area contributed by atoms with Gasteiger partial charge >= 0.3 is 12.1 Å². The molecular formula is C10H19F5O. The highest BCUT2D eigenvalue weighted by Crippen LogP contribution is 2.39. The highest BCUT2D eigenvalue weighted by molar-refractivity contribution is 4.75. The van der Waals surface area contributed by atoms with Crippen molar-refractivity contribution in [2.24, 2.45) is 0 Å². The average Bonchev–Trinajstić information content (AvgIpc) is 2.19. The fraction of sp³-hybridized carbons (Fsp3) is 1.00. The third-order valence-corrected chi connectivity index (χ3v) is 1.81. The van der Waals surface area contributed by atoms with E-state index in [0.717, 1.165) is 0 Å². The molecule has 1 nitrogen and oxygen atoms in total. The van der Waals surface area contributed by atoms with Crippen LogP contribution in [0.3, 0.4) is 0 Å². The summed E-state index contributed by atoms with van der Waals surface area (Å²) >= 11 is 0. The van der Waals surface area contributed by atoms with E-state index >= 15 is 0 Å². The van der Waals surface area contributed by atoms with E-state index in [1.54, 1.807) is 0 Å². The van der Waals surface area contributed by atoms with Crippen molar-refractivity contribution in [2.75, 3.05) is 6.61 Å². The van der Waals surface area contributed by atoms with Crippen LogP contribution >= 0.6 is 0 Å². The minimum Gasteiger partial charge on any atom is -0.396 e. The summed E-state index contributed by atoms with van der Waals surface area (Å²) in [6, 6.07) is 0. The van der Waals surface area contributed by atoms with Gasteiger partial charge in [-0.2, -0.15) is 22.0 Å². The first-order valence-electron chi connectivity index (χ1n) is 5.36. The van der Waals surface area contributed by atoms with Gasteiger partial charge in [-0.05, 0) is 12.8 Å². The summed E-state index contributed by atoms with van der Waals surface area (Å²) in [6.45, 7) is 3.94. The number of hydrogen-bond donors (Lipinski definition) is 1. The first kappa shape index (κ1) is 18.0. The van der Waals surface area contributed by atoms with Gasteiger partial charge in [-0.1, -0.05) is 26.7 Å². The van der Waals surface area contributed by atoms with Gasteiger partial charge in [0.25, 0.3) is 0 Å². The lowest BCUT2D eigenvalue weighted by molar-refractivity contribution is -0.284. The van der Waals surface area contributed by atoms with Gasteiger partial charge in [-0.25, -0.2) is 0 Å². The van der Waals surface area contributed by atoms with Crippen molar-refractivity contribution in [3.8, 4) is 0 Å². The molecule has 6 heteroatoms. The van der Waals surface area contributed by atoms with Gasteiger partial charge in [0.05, 0.1) is 0 Å². The summed E-state index contributed by atoms with van der Waals surface area (Å²) in [4.78, 5) is 0. The lowest BCUT2D eigenvalue weighted by atomic mass is 10.1. The molecule has 0 saturated heterocycles. The topological polar surface area (TPSA) is 20.2 Å². The molecular weight excluding hydrogens is 231 g/mol. The molecule has 0 bridgehead atoms. The van der Waals surface area contributed by atoms with Crippen LogP contribution in [-0.4, -0.2) is 23.8 Å². The standard InChI is InChI=1S/C8H13F5O.C2H6/c9-7(10,8(11,12)13)5-3-1-2-4-6-14;1-2/h14H,1-6H2;1-2H3. The van der Waals surface area contributed by atoms with Crippen LogP contribution in [0.1, 0.15) is 46.0 Å². The maximum atomic E-state index is 12.3. The van der Waals surface area contributed by atoms with Gasteiger partial charge < -0.3 is 5.11 Å². The SMILES string of the molecule is CC.OCCCCCCC(F)(F)C(F)(F)F. The lowest BCUT2D eigenvalue weighted by Gasteiger charge is -2.19. The van der Waals surface area contributed by atoms with Crippen LogP contribution in [0.25, 0.3) is 0 Å². The number of aliphatic hydroxyl groups is 1. The molecule has 0 aromatic heterocycles. The van der Waals surface area contributed by atoms with E-state index in [0.29, 0.717) is 12.8 Å². The first-order chi connectivity index (χ1) is 7.31. The number of halogens is 5.